The average Bonchev–Trinajstić information content (AvgIpc) is 3.22. The van der Waals surface area contributed by atoms with Crippen LogP contribution < -0.4 is 9.62 Å². The van der Waals surface area contributed by atoms with Gasteiger partial charge in [0.1, 0.15) is 5.69 Å². The molecule has 0 spiro atoms. The zero-order valence-corrected chi connectivity index (χ0v) is 30.9. The van der Waals surface area contributed by atoms with Crippen LogP contribution in [0.5, 0.6) is 0 Å². The number of nitrogens with zero attached hydrogens (tertiary/aromatic N) is 2. The van der Waals surface area contributed by atoms with E-state index in [0.29, 0.717) is 45.8 Å². The molecule has 0 aliphatic rings. The highest BCUT2D eigenvalue weighted by molar-refractivity contribution is 7.93. The molecular weight excluding hydrogens is 721 g/mol. The van der Waals surface area contributed by atoms with Crippen LogP contribution in [0.4, 0.5) is 11.4 Å². The highest BCUT2D eigenvalue weighted by Gasteiger charge is 2.22. The third-order valence-electron chi connectivity index (χ3n) is 8.86. The smallest absolute Gasteiger partial charge is 0.337 e. The Morgan fingerprint density at radius 1 is 0.764 bits per heavy atom. The molecule has 1 atom stereocenters. The summed E-state index contributed by atoms with van der Waals surface area (Å²) in [5.74, 6) is -2.02. The van der Waals surface area contributed by atoms with Gasteiger partial charge in [0.15, 0.2) is 9.92 Å². The Labute approximate surface area is 318 Å². The van der Waals surface area contributed by atoms with Crippen LogP contribution in [0.2, 0.25) is 0 Å². The summed E-state index contributed by atoms with van der Waals surface area (Å²) in [4.78, 5) is 41.6. The normalized spacial score (nSPS) is 12.1. The lowest BCUT2D eigenvalue weighted by atomic mass is 10.0. The lowest BCUT2D eigenvalue weighted by molar-refractivity contribution is 0.0599. The summed E-state index contributed by atoms with van der Waals surface area (Å²) in [6.07, 6.45) is 1.56. The lowest BCUT2D eigenvalue weighted by Crippen LogP contribution is -2.33. The van der Waals surface area contributed by atoms with Crippen molar-refractivity contribution in [2.75, 3.05) is 50.2 Å². The maximum Gasteiger partial charge on any atom is 0.337 e. The van der Waals surface area contributed by atoms with E-state index in [9.17, 15) is 23.7 Å². The first-order valence-corrected chi connectivity index (χ1v) is 18.7. The first-order valence-electron chi connectivity index (χ1n) is 17.2. The van der Waals surface area contributed by atoms with E-state index in [2.05, 4.69) is 10.3 Å². The molecule has 0 aliphatic heterocycles. The molecule has 3 N–H and O–H groups in total. The number of methoxy groups -OCH3 is 2. The Bertz CT molecular complexity index is 2410. The molecule has 0 fully saturated rings. The van der Waals surface area contributed by atoms with Crippen molar-refractivity contribution in [1.82, 2.24) is 4.98 Å². The molecule has 0 bridgehead atoms. The molecule has 1 amide bonds. The van der Waals surface area contributed by atoms with Crippen molar-refractivity contribution in [2.45, 2.75) is 4.90 Å². The van der Waals surface area contributed by atoms with Crippen LogP contribution >= 0.6 is 0 Å². The second-order valence-electron chi connectivity index (χ2n) is 12.3. The number of aromatic carboxylic acids is 1. The van der Waals surface area contributed by atoms with Crippen LogP contribution in [0.25, 0.3) is 33.0 Å². The van der Waals surface area contributed by atoms with Gasteiger partial charge < -0.3 is 24.6 Å². The first-order chi connectivity index (χ1) is 26.6. The molecule has 13 heteroatoms. The molecule has 0 radical (unpaired) electrons. The largest absolute Gasteiger partial charge is 0.478 e. The van der Waals surface area contributed by atoms with Crippen molar-refractivity contribution in [1.29, 1.82) is 4.78 Å². The number of ether oxygens (including phenoxy) is 3. The summed E-state index contributed by atoms with van der Waals surface area (Å²) in [5, 5.41) is 13.6. The van der Waals surface area contributed by atoms with Gasteiger partial charge in [0.05, 0.1) is 55.2 Å². The van der Waals surface area contributed by atoms with Crippen molar-refractivity contribution in [3.8, 4) is 22.3 Å². The number of fused-ring (bicyclic) bond motifs is 1. The Balaban J connectivity index is 1.20. The predicted octanol–water partition coefficient (Wildman–Crippen LogP) is 7.80. The van der Waals surface area contributed by atoms with E-state index >= 15 is 0 Å². The van der Waals surface area contributed by atoms with E-state index < -0.39 is 27.8 Å². The topological polar surface area (TPSA) is 168 Å². The van der Waals surface area contributed by atoms with Gasteiger partial charge in [0, 0.05) is 29.9 Å². The van der Waals surface area contributed by atoms with E-state index in [-0.39, 0.29) is 24.4 Å². The second kappa shape index (κ2) is 17.2. The molecule has 1 unspecified atom stereocenters. The summed E-state index contributed by atoms with van der Waals surface area (Å²) in [6.45, 7) is 1.11. The standard InChI is InChI=1S/C42H38N4O8S/c1-52-25-26-54-24-23-46(55(43,51)35-20-15-29(16-21-35)28-9-11-32(12-10-28)42(50)53-2)34-18-13-30(14-19-34)33-17-22-38(44-27-33)40(47)45-37-8-4-6-31-5-3-7-36(39(31)37)41(48)49/h3-22,27,43H,23-26H2,1-2H3,(H,45,47)(H,48,49). The number of carbonyl (C=O) groups is 3. The molecule has 0 saturated carbocycles. The molecule has 6 aromatic rings. The van der Waals surface area contributed by atoms with Gasteiger partial charge in [-0.05, 0) is 76.7 Å². The molecule has 55 heavy (non-hydrogen) atoms. The molecule has 0 saturated heterocycles. The molecule has 1 heterocycles. The van der Waals surface area contributed by atoms with Gasteiger partial charge in [0.2, 0.25) is 0 Å². The summed E-state index contributed by atoms with van der Waals surface area (Å²) in [6, 6.07) is 34.5. The van der Waals surface area contributed by atoms with Gasteiger partial charge in [-0.25, -0.2) is 18.6 Å². The van der Waals surface area contributed by atoms with Crippen molar-refractivity contribution in [2.24, 2.45) is 0 Å². The maximum atomic E-state index is 14.3. The fourth-order valence-corrected chi connectivity index (χ4v) is 7.51. The summed E-state index contributed by atoms with van der Waals surface area (Å²) in [7, 11) is -0.632. The van der Waals surface area contributed by atoms with Crippen LogP contribution in [0, 0.1) is 4.78 Å². The van der Waals surface area contributed by atoms with Crippen LogP contribution in [0.1, 0.15) is 31.2 Å². The van der Waals surface area contributed by atoms with Crippen molar-refractivity contribution < 1.29 is 37.9 Å². The summed E-state index contributed by atoms with van der Waals surface area (Å²) in [5.41, 5.74) is 4.73. The predicted molar refractivity (Wildman–Crippen MR) is 211 cm³/mol. The minimum absolute atomic E-state index is 0.0808. The number of anilines is 2. The Kier molecular flexibility index (Phi) is 12.0. The Hall–Kier alpha value is -6.41. The van der Waals surface area contributed by atoms with Crippen molar-refractivity contribution >= 4 is 49.9 Å². The monoisotopic (exact) mass is 758 g/mol. The fourth-order valence-electron chi connectivity index (χ4n) is 6.00. The van der Waals surface area contributed by atoms with Gasteiger partial charge in [0.25, 0.3) is 5.91 Å². The minimum Gasteiger partial charge on any atom is -0.478 e. The van der Waals surface area contributed by atoms with Crippen LogP contribution in [-0.2, 0) is 24.1 Å². The number of carbonyl (C=O) groups excluding carboxylic acids is 2. The Morgan fingerprint density at radius 3 is 2.00 bits per heavy atom. The van der Waals surface area contributed by atoms with Gasteiger partial charge in [-0.2, -0.15) is 0 Å². The van der Waals surface area contributed by atoms with Gasteiger partial charge in [-0.3, -0.25) is 14.1 Å². The van der Waals surface area contributed by atoms with Crippen molar-refractivity contribution in [3.63, 3.8) is 0 Å². The van der Waals surface area contributed by atoms with E-state index in [4.69, 9.17) is 19.0 Å². The number of esters is 1. The molecule has 0 aliphatic carbocycles. The quantitative estimate of drug-likeness (QED) is 0.0699. The van der Waals surface area contributed by atoms with Crippen LogP contribution in [0.3, 0.4) is 0 Å². The van der Waals surface area contributed by atoms with E-state index in [1.807, 2.05) is 12.1 Å². The Morgan fingerprint density at radius 2 is 1.38 bits per heavy atom. The zero-order valence-electron chi connectivity index (χ0n) is 30.1. The molecular formula is C42H38N4O8S. The number of hydrogen-bond donors (Lipinski definition) is 3. The number of pyridine rings is 1. The van der Waals surface area contributed by atoms with E-state index in [1.54, 1.807) is 116 Å². The minimum atomic E-state index is -3.54. The number of rotatable bonds is 15. The fraction of sp³-hybridized carbons (Fsp3) is 0.143. The molecule has 6 rings (SSSR count). The number of amides is 1. The third-order valence-corrected chi connectivity index (χ3v) is 10.8. The summed E-state index contributed by atoms with van der Waals surface area (Å²) < 4.78 is 40.5. The highest BCUT2D eigenvalue weighted by atomic mass is 32.2. The maximum absolute atomic E-state index is 14.3. The van der Waals surface area contributed by atoms with E-state index in [0.717, 1.165) is 22.3 Å². The average molecular weight is 759 g/mol. The van der Waals surface area contributed by atoms with E-state index in [1.165, 1.54) is 17.5 Å². The number of carboxylic acid groups (broad SMARTS) is 1. The number of benzene rings is 5. The number of carboxylic acids is 1. The van der Waals surface area contributed by atoms with Crippen molar-refractivity contribution in [3.05, 3.63) is 144 Å². The van der Waals surface area contributed by atoms with Crippen LogP contribution in [0.15, 0.2) is 132 Å². The second-order valence-corrected chi connectivity index (χ2v) is 14.2. The molecule has 1 aromatic heterocycles. The number of aromatic nitrogens is 1. The zero-order chi connectivity index (χ0) is 39.0. The van der Waals surface area contributed by atoms with Gasteiger partial charge in [-0.1, -0.05) is 66.7 Å². The number of nitrogens with one attached hydrogen (secondary N) is 2. The van der Waals surface area contributed by atoms with Crippen LogP contribution in [-0.4, -0.2) is 72.7 Å². The SMILES string of the molecule is COCCOCCN(c1ccc(-c2ccc(C(=O)Nc3cccc4cccc(C(=O)O)c34)nc2)cc1)S(=N)(=O)c1ccc(-c2ccc(C(=O)OC)cc2)cc1. The first kappa shape index (κ1) is 38.3. The summed E-state index contributed by atoms with van der Waals surface area (Å²) >= 11 is 0. The molecule has 12 nitrogen and oxygen atoms in total. The van der Waals surface area contributed by atoms with Gasteiger partial charge in [-0.15, -0.1) is 0 Å². The van der Waals surface area contributed by atoms with Gasteiger partial charge >= 0.3 is 11.9 Å². The highest BCUT2D eigenvalue weighted by Crippen LogP contribution is 2.31. The molecule has 5 aromatic carbocycles. The lowest BCUT2D eigenvalue weighted by Gasteiger charge is -2.27. The number of hydrogen-bond acceptors (Lipinski definition) is 9. The molecule has 280 valence electrons. The third kappa shape index (κ3) is 8.71.